The number of aryl methyl sites for hydroxylation is 2. The third kappa shape index (κ3) is 8.05. The number of carbonyl (C=O) groups is 2. The number of nitrogens with one attached hydrogen (secondary N) is 1. The highest BCUT2D eigenvalue weighted by Crippen LogP contribution is 2.51. The quantitative estimate of drug-likeness (QED) is 0.0980. The lowest BCUT2D eigenvalue weighted by molar-refractivity contribution is -0.376. The van der Waals surface area contributed by atoms with Gasteiger partial charge in [0.25, 0.3) is 11.5 Å². The summed E-state index contributed by atoms with van der Waals surface area (Å²) in [5.41, 5.74) is -6.42. The Bertz CT molecular complexity index is 1440. The summed E-state index contributed by atoms with van der Waals surface area (Å²) in [5, 5.41) is 12.8. The number of alkyl halides is 6. The zero-order chi connectivity index (χ0) is 36.0. The van der Waals surface area contributed by atoms with E-state index in [-0.39, 0.29) is 49.0 Å². The van der Waals surface area contributed by atoms with E-state index in [1.807, 2.05) is 0 Å². The minimum Gasteiger partial charge on any atom is -0.493 e. The number of hydrogen-bond donors (Lipinski definition) is 2. The van der Waals surface area contributed by atoms with E-state index in [0.29, 0.717) is 49.3 Å². The number of halogens is 6. The molecule has 2 N–H and O–H groups in total. The van der Waals surface area contributed by atoms with Crippen molar-refractivity contribution in [1.82, 2.24) is 10.2 Å². The molecule has 14 heteroatoms. The van der Waals surface area contributed by atoms with Crippen molar-refractivity contribution in [2.75, 3.05) is 19.9 Å². The van der Waals surface area contributed by atoms with Crippen LogP contribution in [0.1, 0.15) is 101 Å². The van der Waals surface area contributed by atoms with Crippen LogP contribution in [0.2, 0.25) is 0 Å². The largest absolute Gasteiger partial charge is 0.493 e. The van der Waals surface area contributed by atoms with Crippen LogP contribution in [0.5, 0.6) is 17.2 Å². The molecular formula is C35H44F6N2O6. The number of amides is 3. The summed E-state index contributed by atoms with van der Waals surface area (Å²) >= 11 is 0. The van der Waals surface area contributed by atoms with Gasteiger partial charge in [0.1, 0.15) is 11.3 Å². The molecule has 8 nitrogen and oxygen atoms in total. The minimum absolute atomic E-state index is 0.102. The number of carbonyl (C=O) groups excluding carboxylic acids is 2. The number of unbranched alkanes of at least 4 members (excludes halogenated alkanes) is 6. The van der Waals surface area contributed by atoms with Crippen molar-refractivity contribution in [2.45, 2.75) is 115 Å². The zero-order valence-corrected chi connectivity index (χ0v) is 28.0. The van der Waals surface area contributed by atoms with Gasteiger partial charge in [0.2, 0.25) is 6.79 Å². The molecule has 0 saturated carbocycles. The smallest absolute Gasteiger partial charge is 0.430 e. The lowest BCUT2D eigenvalue weighted by Gasteiger charge is -2.33. The molecule has 2 aromatic carbocycles. The Kier molecular flexibility index (Phi) is 12.0. The van der Waals surface area contributed by atoms with Gasteiger partial charge >= 0.3 is 18.4 Å². The molecule has 3 amide bonds. The third-order valence-corrected chi connectivity index (χ3v) is 9.02. The fourth-order valence-electron chi connectivity index (χ4n) is 6.28. The first kappa shape index (κ1) is 38.1. The number of imide groups is 1. The second-order valence-electron chi connectivity index (χ2n) is 12.7. The molecule has 272 valence electrons. The number of urea groups is 1. The molecule has 0 bridgehead atoms. The molecule has 2 aliphatic heterocycles. The van der Waals surface area contributed by atoms with Gasteiger partial charge in [-0.1, -0.05) is 64.9 Å². The average Bonchev–Trinajstić information content (AvgIpc) is 3.59. The Morgan fingerprint density at radius 3 is 1.96 bits per heavy atom. The van der Waals surface area contributed by atoms with Gasteiger partial charge < -0.3 is 24.6 Å². The maximum Gasteiger partial charge on any atom is 0.430 e. The molecule has 2 heterocycles. The van der Waals surface area contributed by atoms with Crippen molar-refractivity contribution in [2.24, 2.45) is 0 Å². The molecule has 1 unspecified atom stereocenters. The molecule has 2 aliphatic rings. The van der Waals surface area contributed by atoms with Crippen molar-refractivity contribution in [3.63, 3.8) is 0 Å². The van der Waals surface area contributed by atoms with E-state index in [1.54, 1.807) is 39.0 Å². The van der Waals surface area contributed by atoms with Crippen molar-refractivity contribution in [3.05, 3.63) is 52.6 Å². The number of hydrogen-bond acceptors (Lipinski definition) is 6. The molecular weight excluding hydrogens is 658 g/mol. The van der Waals surface area contributed by atoms with Gasteiger partial charge in [-0.2, -0.15) is 26.3 Å². The normalized spacial score (nSPS) is 18.0. The summed E-state index contributed by atoms with van der Waals surface area (Å²) in [6.07, 6.45) is -5.08. The number of aliphatic hydroxyl groups is 1. The zero-order valence-electron chi connectivity index (χ0n) is 28.0. The molecule has 1 atom stereocenters. The summed E-state index contributed by atoms with van der Waals surface area (Å²) < 4.78 is 98.4. The third-order valence-electron chi connectivity index (χ3n) is 9.02. The van der Waals surface area contributed by atoms with Crippen molar-refractivity contribution >= 4 is 11.9 Å². The van der Waals surface area contributed by atoms with Gasteiger partial charge in [-0.05, 0) is 73.6 Å². The Morgan fingerprint density at radius 1 is 0.837 bits per heavy atom. The summed E-state index contributed by atoms with van der Waals surface area (Å²) in [5.74, 6) is 1.07. The van der Waals surface area contributed by atoms with Crippen molar-refractivity contribution in [1.29, 1.82) is 0 Å². The Labute approximate surface area is 282 Å². The molecule has 1 saturated heterocycles. The number of nitrogens with zero attached hydrogens (tertiary/aromatic N) is 1. The van der Waals surface area contributed by atoms with E-state index in [2.05, 4.69) is 5.32 Å². The van der Waals surface area contributed by atoms with Gasteiger partial charge in [0, 0.05) is 12.1 Å². The van der Waals surface area contributed by atoms with Crippen LogP contribution in [0.15, 0.2) is 30.3 Å². The first-order chi connectivity index (χ1) is 23.1. The van der Waals surface area contributed by atoms with E-state index in [1.165, 1.54) is 4.90 Å². The van der Waals surface area contributed by atoms with Gasteiger partial charge in [0.15, 0.2) is 11.5 Å². The van der Waals surface area contributed by atoms with Crippen LogP contribution in [0.25, 0.3) is 0 Å². The van der Waals surface area contributed by atoms with Gasteiger partial charge in [-0.3, -0.25) is 9.69 Å². The second kappa shape index (κ2) is 15.5. The number of ether oxygens (including phenoxy) is 3. The van der Waals surface area contributed by atoms with Crippen molar-refractivity contribution in [3.8, 4) is 17.2 Å². The van der Waals surface area contributed by atoms with Crippen LogP contribution in [0, 0.1) is 0 Å². The predicted octanol–water partition coefficient (Wildman–Crippen LogP) is 8.21. The number of benzene rings is 2. The minimum atomic E-state index is -5.96. The van der Waals surface area contributed by atoms with Crippen LogP contribution >= 0.6 is 0 Å². The molecule has 1 fully saturated rings. The molecule has 2 aromatic rings. The Hall–Kier alpha value is -3.68. The summed E-state index contributed by atoms with van der Waals surface area (Å²) in [7, 11) is 0. The lowest BCUT2D eigenvalue weighted by Crippen LogP contribution is -2.54. The fourth-order valence-corrected chi connectivity index (χ4v) is 6.28. The highest BCUT2D eigenvalue weighted by Gasteiger charge is 2.71. The SMILES string of the molecule is CCCc1cc(C(O)(C(F)(F)F)C(F)(F)F)cc(CCC)c1OCCCCCCCCCN1C(=O)NC(C)(c2ccc3c(c2)OCO3)C1=O. The Morgan fingerprint density at radius 2 is 1.39 bits per heavy atom. The first-order valence-electron chi connectivity index (χ1n) is 16.8. The summed E-state index contributed by atoms with van der Waals surface area (Å²) in [6.45, 7) is 5.81. The van der Waals surface area contributed by atoms with Gasteiger partial charge in [-0.15, -0.1) is 0 Å². The predicted molar refractivity (Wildman–Crippen MR) is 168 cm³/mol. The molecule has 0 spiro atoms. The van der Waals surface area contributed by atoms with Gasteiger partial charge in [0.05, 0.1) is 6.61 Å². The summed E-state index contributed by atoms with van der Waals surface area (Å²) in [6, 6.07) is 6.26. The van der Waals surface area contributed by atoms with Crippen LogP contribution in [0.4, 0.5) is 31.1 Å². The van der Waals surface area contributed by atoms with Crippen LogP contribution in [-0.4, -0.2) is 54.2 Å². The van der Waals surface area contributed by atoms with Crippen LogP contribution in [0.3, 0.4) is 0 Å². The van der Waals surface area contributed by atoms with E-state index in [0.717, 1.165) is 44.2 Å². The Balaban J connectivity index is 1.23. The highest BCUT2D eigenvalue weighted by atomic mass is 19.4. The van der Waals surface area contributed by atoms with E-state index >= 15 is 0 Å². The number of fused-ring (bicyclic) bond motifs is 1. The maximum absolute atomic E-state index is 13.6. The van der Waals surface area contributed by atoms with Crippen LogP contribution < -0.4 is 19.5 Å². The van der Waals surface area contributed by atoms with Gasteiger partial charge in [-0.25, -0.2) is 4.79 Å². The second-order valence-corrected chi connectivity index (χ2v) is 12.7. The maximum atomic E-state index is 13.6. The summed E-state index contributed by atoms with van der Waals surface area (Å²) in [4.78, 5) is 27.1. The van der Waals surface area contributed by atoms with E-state index in [9.17, 15) is 41.0 Å². The average molecular weight is 703 g/mol. The first-order valence-corrected chi connectivity index (χ1v) is 16.8. The van der Waals surface area contributed by atoms with Crippen LogP contribution in [-0.2, 0) is 28.8 Å². The van der Waals surface area contributed by atoms with E-state index < -0.39 is 35.1 Å². The highest BCUT2D eigenvalue weighted by molar-refractivity contribution is 6.07. The molecule has 4 rings (SSSR count). The molecule has 0 aliphatic carbocycles. The van der Waals surface area contributed by atoms with E-state index in [4.69, 9.17) is 14.2 Å². The molecule has 49 heavy (non-hydrogen) atoms. The standard InChI is InChI=1S/C35H44F6N2O6/c1-4-13-23-19-26(33(46,34(36,37)38)35(39,40)41)20-24(14-5-2)29(23)47-18-12-10-8-6-7-9-11-17-43-30(44)32(3,42-31(43)45)25-15-16-27-28(21-25)49-22-48-27/h15-16,19-21,46H,4-14,17-18,22H2,1-3H3,(H,42,45). The number of rotatable bonds is 17. The monoisotopic (exact) mass is 702 g/mol. The fraction of sp³-hybridized carbons (Fsp3) is 0.600. The topological polar surface area (TPSA) is 97.3 Å². The lowest BCUT2D eigenvalue weighted by atomic mass is 9.87. The molecule has 0 radical (unpaired) electrons. The molecule has 0 aromatic heterocycles. The van der Waals surface area contributed by atoms with Crippen molar-refractivity contribution < 1.29 is 55.2 Å².